The minimum Gasteiger partial charge on any atom is -0.389 e. The molecular formula is C14H17FN2OS. The van der Waals surface area contributed by atoms with Crippen molar-refractivity contribution < 1.29 is 9.13 Å². The Morgan fingerprint density at radius 3 is 2.68 bits per heavy atom. The van der Waals surface area contributed by atoms with Crippen molar-refractivity contribution in [2.24, 2.45) is 5.73 Å². The van der Waals surface area contributed by atoms with E-state index in [4.69, 9.17) is 22.7 Å². The Bertz CT molecular complexity index is 496. The second-order valence-corrected chi connectivity index (χ2v) is 5.73. The molecule has 0 saturated carbocycles. The molecule has 2 unspecified atom stereocenters. The number of hydrogen-bond donors (Lipinski definition) is 1. The lowest BCUT2D eigenvalue weighted by molar-refractivity contribution is -0.0413. The van der Waals surface area contributed by atoms with Crippen LogP contribution in [-0.2, 0) is 11.3 Å². The summed E-state index contributed by atoms with van der Waals surface area (Å²) in [5, 5.41) is 0. The SMILES string of the molecule is NC(=S)c1cccc(CN2CC3CCC(C2)O3)c1F. The maximum atomic E-state index is 14.3. The molecule has 0 radical (unpaired) electrons. The van der Waals surface area contributed by atoms with Gasteiger partial charge in [0, 0.05) is 30.8 Å². The Labute approximate surface area is 117 Å². The van der Waals surface area contributed by atoms with E-state index in [9.17, 15) is 4.39 Å². The molecule has 1 aromatic rings. The molecule has 2 bridgehead atoms. The fourth-order valence-corrected chi connectivity index (χ4v) is 3.12. The third kappa shape index (κ3) is 2.63. The predicted molar refractivity (Wildman–Crippen MR) is 75.5 cm³/mol. The van der Waals surface area contributed by atoms with Gasteiger partial charge in [-0.2, -0.15) is 0 Å². The fraction of sp³-hybridized carbons (Fsp3) is 0.500. The topological polar surface area (TPSA) is 38.5 Å². The van der Waals surface area contributed by atoms with Gasteiger partial charge < -0.3 is 10.5 Å². The molecule has 1 aromatic carbocycles. The molecule has 2 saturated heterocycles. The molecule has 5 heteroatoms. The van der Waals surface area contributed by atoms with Crippen LogP contribution in [0.15, 0.2) is 18.2 Å². The Morgan fingerprint density at radius 2 is 2.05 bits per heavy atom. The minimum atomic E-state index is -0.283. The van der Waals surface area contributed by atoms with Crippen LogP contribution < -0.4 is 5.73 Å². The van der Waals surface area contributed by atoms with E-state index in [1.165, 1.54) is 0 Å². The number of likely N-dealkylation sites (tertiary alicyclic amines) is 1. The van der Waals surface area contributed by atoms with Crippen LogP contribution in [0.25, 0.3) is 0 Å². The molecule has 0 aromatic heterocycles. The van der Waals surface area contributed by atoms with Gasteiger partial charge >= 0.3 is 0 Å². The summed E-state index contributed by atoms with van der Waals surface area (Å²) in [7, 11) is 0. The lowest BCUT2D eigenvalue weighted by atomic mass is 10.1. The zero-order chi connectivity index (χ0) is 13.4. The average molecular weight is 280 g/mol. The summed E-state index contributed by atoms with van der Waals surface area (Å²) in [6, 6.07) is 5.24. The van der Waals surface area contributed by atoms with Crippen LogP contribution in [-0.4, -0.2) is 35.2 Å². The van der Waals surface area contributed by atoms with E-state index >= 15 is 0 Å². The number of benzene rings is 1. The maximum Gasteiger partial charge on any atom is 0.137 e. The van der Waals surface area contributed by atoms with Crippen LogP contribution in [0.5, 0.6) is 0 Å². The van der Waals surface area contributed by atoms with Gasteiger partial charge in [-0.05, 0) is 18.9 Å². The quantitative estimate of drug-likeness (QED) is 0.857. The van der Waals surface area contributed by atoms with Gasteiger partial charge in [-0.15, -0.1) is 0 Å². The van der Waals surface area contributed by atoms with Crippen molar-refractivity contribution in [1.29, 1.82) is 0 Å². The second kappa shape index (κ2) is 5.15. The number of hydrogen-bond acceptors (Lipinski definition) is 3. The first-order valence-corrected chi connectivity index (χ1v) is 6.99. The highest BCUT2D eigenvalue weighted by Gasteiger charge is 2.33. The standard InChI is InChI=1S/C14H17FN2OS/c15-13-9(2-1-3-12(13)14(16)19)6-17-7-10-4-5-11(8-17)18-10/h1-3,10-11H,4-8H2,(H2,16,19). The summed E-state index contributed by atoms with van der Waals surface area (Å²) in [6.07, 6.45) is 2.88. The molecule has 2 aliphatic rings. The first-order chi connectivity index (χ1) is 9.13. The van der Waals surface area contributed by atoms with Gasteiger partial charge in [0.2, 0.25) is 0 Å². The molecule has 2 heterocycles. The van der Waals surface area contributed by atoms with E-state index in [2.05, 4.69) is 4.90 Å². The normalized spacial score (nSPS) is 26.6. The third-order valence-electron chi connectivity index (χ3n) is 3.86. The second-order valence-electron chi connectivity index (χ2n) is 5.29. The van der Waals surface area contributed by atoms with Crippen molar-refractivity contribution in [3.8, 4) is 0 Å². The zero-order valence-electron chi connectivity index (χ0n) is 10.6. The molecule has 19 heavy (non-hydrogen) atoms. The monoisotopic (exact) mass is 280 g/mol. The molecule has 3 nitrogen and oxygen atoms in total. The molecule has 0 aliphatic carbocycles. The van der Waals surface area contributed by atoms with Crippen LogP contribution in [0.3, 0.4) is 0 Å². The first kappa shape index (κ1) is 13.0. The van der Waals surface area contributed by atoms with Crippen molar-refractivity contribution in [3.05, 3.63) is 35.1 Å². The van der Waals surface area contributed by atoms with Crippen LogP contribution in [0, 0.1) is 5.82 Å². The summed E-state index contributed by atoms with van der Waals surface area (Å²) in [5.41, 5.74) is 6.52. The number of nitrogens with zero attached hydrogens (tertiary/aromatic N) is 1. The number of fused-ring (bicyclic) bond motifs is 2. The largest absolute Gasteiger partial charge is 0.389 e. The Hall–Kier alpha value is -1.04. The van der Waals surface area contributed by atoms with Crippen molar-refractivity contribution in [2.75, 3.05) is 13.1 Å². The van der Waals surface area contributed by atoms with Crippen LogP contribution >= 0.6 is 12.2 Å². The maximum absolute atomic E-state index is 14.3. The summed E-state index contributed by atoms with van der Waals surface area (Å²) in [5.74, 6) is -0.283. The molecule has 2 aliphatic heterocycles. The molecule has 2 fully saturated rings. The average Bonchev–Trinajstić information content (AvgIpc) is 2.71. The van der Waals surface area contributed by atoms with Gasteiger partial charge in [-0.1, -0.05) is 24.4 Å². The zero-order valence-corrected chi connectivity index (χ0v) is 11.5. The smallest absolute Gasteiger partial charge is 0.137 e. The number of thiocarbonyl (C=S) groups is 1. The van der Waals surface area contributed by atoms with E-state index in [-0.39, 0.29) is 10.8 Å². The highest BCUT2D eigenvalue weighted by molar-refractivity contribution is 7.80. The molecule has 102 valence electrons. The van der Waals surface area contributed by atoms with Gasteiger partial charge in [-0.25, -0.2) is 4.39 Å². The van der Waals surface area contributed by atoms with Crippen molar-refractivity contribution in [1.82, 2.24) is 4.90 Å². The number of nitrogens with two attached hydrogens (primary N) is 1. The van der Waals surface area contributed by atoms with Crippen LogP contribution in [0.2, 0.25) is 0 Å². The Balaban J connectivity index is 1.76. The van der Waals surface area contributed by atoms with E-state index in [0.29, 0.717) is 29.9 Å². The van der Waals surface area contributed by atoms with Crippen molar-refractivity contribution in [3.63, 3.8) is 0 Å². The van der Waals surface area contributed by atoms with Crippen LogP contribution in [0.4, 0.5) is 4.39 Å². The van der Waals surface area contributed by atoms with Crippen LogP contribution in [0.1, 0.15) is 24.0 Å². The van der Waals surface area contributed by atoms with Gasteiger partial charge in [0.15, 0.2) is 0 Å². The number of ether oxygens (including phenoxy) is 1. The Kier molecular flexibility index (Phi) is 3.52. The van der Waals surface area contributed by atoms with Gasteiger partial charge in [-0.3, -0.25) is 4.90 Å². The molecular weight excluding hydrogens is 263 g/mol. The Morgan fingerprint density at radius 1 is 1.37 bits per heavy atom. The lowest BCUT2D eigenvalue weighted by Gasteiger charge is -2.32. The molecule has 3 rings (SSSR count). The van der Waals surface area contributed by atoms with Crippen molar-refractivity contribution in [2.45, 2.75) is 31.6 Å². The van der Waals surface area contributed by atoms with Gasteiger partial charge in [0.1, 0.15) is 10.8 Å². The number of morpholine rings is 1. The predicted octanol–water partition coefficient (Wildman–Crippen LogP) is 1.82. The summed E-state index contributed by atoms with van der Waals surface area (Å²) >= 11 is 4.87. The summed E-state index contributed by atoms with van der Waals surface area (Å²) in [6.45, 7) is 2.36. The fourth-order valence-electron chi connectivity index (χ4n) is 2.96. The number of halogens is 1. The summed E-state index contributed by atoms with van der Waals surface area (Å²) < 4.78 is 20.0. The molecule has 2 N–H and O–H groups in total. The first-order valence-electron chi connectivity index (χ1n) is 6.58. The summed E-state index contributed by atoms with van der Waals surface area (Å²) in [4.78, 5) is 2.37. The van der Waals surface area contributed by atoms with Gasteiger partial charge in [0.25, 0.3) is 0 Å². The molecule has 0 spiro atoms. The van der Waals surface area contributed by atoms with Gasteiger partial charge in [0.05, 0.1) is 12.2 Å². The minimum absolute atomic E-state index is 0.112. The lowest BCUT2D eigenvalue weighted by Crippen LogP contribution is -2.42. The molecule has 0 amide bonds. The van der Waals surface area contributed by atoms with E-state index in [1.54, 1.807) is 12.1 Å². The molecule has 2 atom stereocenters. The van der Waals surface area contributed by atoms with Crippen molar-refractivity contribution >= 4 is 17.2 Å². The highest BCUT2D eigenvalue weighted by atomic mass is 32.1. The van der Waals surface area contributed by atoms with E-state index < -0.39 is 0 Å². The third-order valence-corrected chi connectivity index (χ3v) is 4.08. The van der Waals surface area contributed by atoms with E-state index in [1.807, 2.05) is 6.07 Å². The highest BCUT2D eigenvalue weighted by Crippen LogP contribution is 2.27. The van der Waals surface area contributed by atoms with E-state index in [0.717, 1.165) is 25.9 Å². The number of rotatable bonds is 3.